The van der Waals surface area contributed by atoms with E-state index < -0.39 is 0 Å². The molecule has 0 saturated heterocycles. The summed E-state index contributed by atoms with van der Waals surface area (Å²) in [6.07, 6.45) is 6.60. The van der Waals surface area contributed by atoms with Gasteiger partial charge in [0, 0.05) is 18.0 Å². The molecule has 3 heterocycles. The largest absolute Gasteiger partial charge is 0.467 e. The predicted octanol–water partition coefficient (Wildman–Crippen LogP) is 4.11. The molecular weight excluding hydrogens is 330 g/mol. The van der Waals surface area contributed by atoms with Gasteiger partial charge in [-0.1, -0.05) is 18.2 Å². The van der Waals surface area contributed by atoms with Gasteiger partial charge >= 0.3 is 0 Å². The van der Waals surface area contributed by atoms with Crippen LogP contribution in [0.4, 0.5) is 0 Å². The molecule has 0 aliphatic rings. The lowest BCUT2D eigenvalue weighted by Gasteiger charge is -2.22. The van der Waals surface area contributed by atoms with E-state index in [0.717, 1.165) is 5.56 Å². The molecule has 3 aromatic heterocycles. The SMILES string of the molecule is O=C(c1ccccc1-c1ncc[nH]1)N(Cc1ccco1)Cc1ccco1. The van der Waals surface area contributed by atoms with Crippen molar-refractivity contribution in [1.29, 1.82) is 0 Å². The summed E-state index contributed by atoms with van der Waals surface area (Å²) in [4.78, 5) is 22.3. The van der Waals surface area contributed by atoms with Crippen LogP contribution in [0.3, 0.4) is 0 Å². The maximum atomic E-state index is 13.3. The van der Waals surface area contributed by atoms with Crippen molar-refractivity contribution in [3.05, 3.63) is 90.5 Å². The molecule has 1 amide bonds. The first-order valence-corrected chi connectivity index (χ1v) is 8.24. The number of carbonyl (C=O) groups excluding carboxylic acids is 1. The number of benzene rings is 1. The summed E-state index contributed by atoms with van der Waals surface area (Å²) in [5.41, 5.74) is 1.33. The fourth-order valence-corrected chi connectivity index (χ4v) is 2.84. The highest BCUT2D eigenvalue weighted by molar-refractivity contribution is 6.00. The number of hydrogen-bond acceptors (Lipinski definition) is 4. The summed E-state index contributed by atoms with van der Waals surface area (Å²) in [7, 11) is 0. The lowest BCUT2D eigenvalue weighted by atomic mass is 10.1. The van der Waals surface area contributed by atoms with Gasteiger partial charge in [0.2, 0.25) is 0 Å². The molecule has 0 radical (unpaired) electrons. The van der Waals surface area contributed by atoms with Crippen molar-refractivity contribution in [3.8, 4) is 11.4 Å². The first-order valence-electron chi connectivity index (χ1n) is 8.24. The van der Waals surface area contributed by atoms with Gasteiger partial charge in [0.05, 0.1) is 31.2 Å². The van der Waals surface area contributed by atoms with E-state index in [9.17, 15) is 4.79 Å². The highest BCUT2D eigenvalue weighted by Gasteiger charge is 2.22. The van der Waals surface area contributed by atoms with E-state index >= 15 is 0 Å². The van der Waals surface area contributed by atoms with Gasteiger partial charge in [-0.05, 0) is 30.3 Å². The molecule has 1 N–H and O–H groups in total. The lowest BCUT2D eigenvalue weighted by molar-refractivity contribution is 0.0705. The third kappa shape index (κ3) is 3.30. The number of nitrogens with zero attached hydrogens (tertiary/aromatic N) is 2. The molecule has 6 nitrogen and oxygen atoms in total. The van der Waals surface area contributed by atoms with Crippen LogP contribution in [0.2, 0.25) is 0 Å². The van der Waals surface area contributed by atoms with Crippen molar-refractivity contribution in [3.63, 3.8) is 0 Å². The van der Waals surface area contributed by atoms with Crippen LogP contribution in [0.25, 0.3) is 11.4 Å². The Kier molecular flexibility index (Phi) is 4.38. The van der Waals surface area contributed by atoms with Crippen LogP contribution in [0.15, 0.2) is 82.3 Å². The Bertz CT molecular complexity index is 922. The van der Waals surface area contributed by atoms with Gasteiger partial charge in [0.25, 0.3) is 5.91 Å². The number of imidazole rings is 1. The standard InChI is InChI=1S/C20H17N3O3/c24-20(18-8-2-1-7-17(18)19-21-9-10-22-19)23(13-15-5-3-11-25-15)14-16-6-4-12-26-16/h1-12H,13-14H2,(H,21,22). The van der Waals surface area contributed by atoms with Gasteiger partial charge in [0.15, 0.2) is 0 Å². The smallest absolute Gasteiger partial charge is 0.255 e. The third-order valence-electron chi connectivity index (χ3n) is 4.05. The summed E-state index contributed by atoms with van der Waals surface area (Å²) in [5.74, 6) is 1.95. The second kappa shape index (κ2) is 7.14. The average Bonchev–Trinajstić information content (AvgIpc) is 3.43. The molecule has 0 aliphatic heterocycles. The van der Waals surface area contributed by atoms with E-state index in [1.165, 1.54) is 0 Å². The summed E-state index contributed by atoms with van der Waals surface area (Å²) in [5, 5.41) is 0. The van der Waals surface area contributed by atoms with E-state index in [1.54, 1.807) is 35.9 Å². The second-order valence-corrected chi connectivity index (χ2v) is 5.80. The molecule has 0 fully saturated rings. The van der Waals surface area contributed by atoms with E-state index in [-0.39, 0.29) is 5.91 Å². The first-order chi connectivity index (χ1) is 12.8. The van der Waals surface area contributed by atoms with Crippen molar-refractivity contribution in [2.45, 2.75) is 13.1 Å². The van der Waals surface area contributed by atoms with Gasteiger partial charge in [-0.3, -0.25) is 4.79 Å². The minimum Gasteiger partial charge on any atom is -0.467 e. The molecule has 4 rings (SSSR count). The molecule has 0 spiro atoms. The van der Waals surface area contributed by atoms with Crippen LogP contribution in [0, 0.1) is 0 Å². The van der Waals surface area contributed by atoms with Crippen molar-refractivity contribution in [2.75, 3.05) is 0 Å². The number of aromatic amines is 1. The number of furan rings is 2. The molecule has 0 unspecified atom stereocenters. The van der Waals surface area contributed by atoms with Crippen LogP contribution in [0.5, 0.6) is 0 Å². The Labute approximate surface area is 150 Å². The van der Waals surface area contributed by atoms with Crippen LogP contribution in [0.1, 0.15) is 21.9 Å². The number of hydrogen-bond donors (Lipinski definition) is 1. The van der Waals surface area contributed by atoms with Gasteiger partial charge in [-0.15, -0.1) is 0 Å². The predicted molar refractivity (Wildman–Crippen MR) is 95.0 cm³/mol. The highest BCUT2D eigenvalue weighted by atomic mass is 16.3. The molecule has 0 bridgehead atoms. The van der Waals surface area contributed by atoms with Crippen LogP contribution >= 0.6 is 0 Å². The van der Waals surface area contributed by atoms with Gasteiger partial charge < -0.3 is 18.7 Å². The second-order valence-electron chi connectivity index (χ2n) is 5.80. The topological polar surface area (TPSA) is 75.3 Å². The van der Waals surface area contributed by atoms with Crippen molar-refractivity contribution < 1.29 is 13.6 Å². The number of carbonyl (C=O) groups is 1. The Morgan fingerprint density at radius 1 is 0.962 bits per heavy atom. The monoisotopic (exact) mass is 347 g/mol. The molecular formula is C20H17N3O3. The molecule has 6 heteroatoms. The zero-order valence-corrected chi connectivity index (χ0v) is 14.0. The van der Waals surface area contributed by atoms with E-state index in [0.29, 0.717) is 36.0 Å². The van der Waals surface area contributed by atoms with E-state index in [1.807, 2.05) is 42.5 Å². The molecule has 1 aromatic carbocycles. The average molecular weight is 347 g/mol. The molecule has 0 saturated carbocycles. The molecule has 130 valence electrons. The minimum absolute atomic E-state index is 0.121. The normalized spacial score (nSPS) is 10.8. The molecule has 0 atom stereocenters. The number of aromatic nitrogens is 2. The van der Waals surface area contributed by atoms with Crippen molar-refractivity contribution in [2.24, 2.45) is 0 Å². The van der Waals surface area contributed by atoms with Crippen LogP contribution < -0.4 is 0 Å². The number of amides is 1. The fourth-order valence-electron chi connectivity index (χ4n) is 2.84. The van der Waals surface area contributed by atoms with E-state index in [4.69, 9.17) is 8.83 Å². The Morgan fingerprint density at radius 2 is 1.65 bits per heavy atom. The van der Waals surface area contributed by atoms with Crippen LogP contribution in [-0.4, -0.2) is 20.8 Å². The number of H-pyrrole nitrogens is 1. The van der Waals surface area contributed by atoms with Gasteiger partial charge in [-0.2, -0.15) is 0 Å². The third-order valence-corrected chi connectivity index (χ3v) is 4.05. The van der Waals surface area contributed by atoms with Crippen molar-refractivity contribution in [1.82, 2.24) is 14.9 Å². The summed E-state index contributed by atoms with van der Waals surface area (Å²) < 4.78 is 10.9. The molecule has 4 aromatic rings. The molecule has 0 aliphatic carbocycles. The maximum absolute atomic E-state index is 13.3. The molecule has 26 heavy (non-hydrogen) atoms. The lowest BCUT2D eigenvalue weighted by Crippen LogP contribution is -2.30. The van der Waals surface area contributed by atoms with Gasteiger partial charge in [-0.25, -0.2) is 4.98 Å². The van der Waals surface area contributed by atoms with Gasteiger partial charge in [0.1, 0.15) is 17.3 Å². The van der Waals surface area contributed by atoms with Crippen LogP contribution in [-0.2, 0) is 13.1 Å². The fraction of sp³-hybridized carbons (Fsp3) is 0.100. The zero-order chi connectivity index (χ0) is 17.8. The summed E-state index contributed by atoms with van der Waals surface area (Å²) in [6, 6.07) is 14.7. The number of rotatable bonds is 6. The summed E-state index contributed by atoms with van der Waals surface area (Å²) >= 11 is 0. The highest BCUT2D eigenvalue weighted by Crippen LogP contribution is 2.23. The van der Waals surface area contributed by atoms with Crippen molar-refractivity contribution >= 4 is 5.91 Å². The first kappa shape index (κ1) is 16.0. The Morgan fingerprint density at radius 3 is 2.23 bits per heavy atom. The maximum Gasteiger partial charge on any atom is 0.255 e. The number of nitrogens with one attached hydrogen (secondary N) is 1. The Hall–Kier alpha value is -3.54. The quantitative estimate of drug-likeness (QED) is 0.570. The van der Waals surface area contributed by atoms with E-state index in [2.05, 4.69) is 9.97 Å². The zero-order valence-electron chi connectivity index (χ0n) is 14.0. The summed E-state index contributed by atoms with van der Waals surface area (Å²) in [6.45, 7) is 0.693. The minimum atomic E-state index is -0.121. The Balaban J connectivity index is 1.68.